The minimum atomic E-state index is -1.11. The first-order valence-corrected chi connectivity index (χ1v) is 10.4. The van der Waals surface area contributed by atoms with Crippen molar-refractivity contribution in [2.45, 2.75) is 13.5 Å². The third kappa shape index (κ3) is 5.03. The molecule has 0 atom stereocenters. The Morgan fingerprint density at radius 3 is 2.53 bits per heavy atom. The van der Waals surface area contributed by atoms with Crippen LogP contribution >= 0.6 is 27.7 Å². The number of imide groups is 1. The Bertz CT molecular complexity index is 1030. The molecule has 0 unspecified atom stereocenters. The number of carbonyl (C=O) groups is 3. The van der Waals surface area contributed by atoms with E-state index < -0.39 is 12.6 Å². The second kappa shape index (κ2) is 9.36. The van der Waals surface area contributed by atoms with Crippen molar-refractivity contribution in [1.29, 1.82) is 0 Å². The molecule has 1 heterocycles. The van der Waals surface area contributed by atoms with E-state index in [1.54, 1.807) is 18.2 Å². The summed E-state index contributed by atoms with van der Waals surface area (Å²) in [7, 11) is 1.43. The Balaban J connectivity index is 1.84. The summed E-state index contributed by atoms with van der Waals surface area (Å²) in [6.45, 7) is 1.66. The molecule has 9 heteroatoms. The monoisotopic (exact) mass is 491 g/mol. The normalized spacial score (nSPS) is 15.0. The predicted molar refractivity (Wildman–Crippen MR) is 117 cm³/mol. The number of aryl methyl sites for hydroxylation is 1. The van der Waals surface area contributed by atoms with E-state index in [9.17, 15) is 14.4 Å². The van der Waals surface area contributed by atoms with E-state index in [-0.39, 0.29) is 28.3 Å². The molecule has 0 spiro atoms. The first kappa shape index (κ1) is 21.9. The highest BCUT2D eigenvalue weighted by Crippen LogP contribution is 2.38. The number of rotatable bonds is 7. The Hall–Kier alpha value is -2.78. The topological polar surface area (TPSA) is 93.1 Å². The molecule has 2 amide bonds. The lowest BCUT2D eigenvalue weighted by atomic mass is 10.1. The van der Waals surface area contributed by atoms with Crippen LogP contribution in [0.2, 0.25) is 0 Å². The van der Waals surface area contributed by atoms with Gasteiger partial charge in [0.05, 0.1) is 18.6 Å². The van der Waals surface area contributed by atoms with Crippen LogP contribution in [0.5, 0.6) is 11.5 Å². The molecule has 0 bridgehead atoms. The first-order valence-electron chi connectivity index (χ1n) is 8.81. The molecule has 0 aliphatic carbocycles. The van der Waals surface area contributed by atoms with E-state index >= 15 is 0 Å². The molecule has 0 radical (unpaired) electrons. The number of carboxylic acid groups (broad SMARTS) is 1. The average molecular weight is 492 g/mol. The van der Waals surface area contributed by atoms with Crippen molar-refractivity contribution in [3.63, 3.8) is 0 Å². The number of ether oxygens (including phenoxy) is 2. The fourth-order valence-corrected chi connectivity index (χ4v) is 3.99. The summed E-state index contributed by atoms with van der Waals surface area (Å²) in [5.74, 6) is -0.928. The summed E-state index contributed by atoms with van der Waals surface area (Å²) in [5, 5.41) is 8.45. The van der Waals surface area contributed by atoms with Gasteiger partial charge in [0.2, 0.25) is 0 Å². The first-order chi connectivity index (χ1) is 14.3. The molecule has 1 saturated heterocycles. The largest absolute Gasteiger partial charge is 0.493 e. The Morgan fingerprint density at radius 1 is 1.20 bits per heavy atom. The highest BCUT2D eigenvalue weighted by atomic mass is 79.9. The van der Waals surface area contributed by atoms with E-state index in [1.807, 2.05) is 31.2 Å². The molecular weight excluding hydrogens is 474 g/mol. The summed E-state index contributed by atoms with van der Waals surface area (Å²) in [6.07, 6.45) is 1.59. The van der Waals surface area contributed by atoms with Gasteiger partial charge in [-0.15, -0.1) is 0 Å². The average Bonchev–Trinajstić information content (AvgIpc) is 2.96. The number of methoxy groups -OCH3 is 1. The Kier molecular flexibility index (Phi) is 6.84. The molecule has 156 valence electrons. The van der Waals surface area contributed by atoms with E-state index in [0.717, 1.165) is 22.9 Å². The van der Waals surface area contributed by atoms with Crippen LogP contribution in [0.3, 0.4) is 0 Å². The molecular formula is C21H18BrNO6S. The maximum atomic E-state index is 12.8. The van der Waals surface area contributed by atoms with Crippen molar-refractivity contribution < 1.29 is 29.0 Å². The van der Waals surface area contributed by atoms with Crippen LogP contribution in [0.1, 0.15) is 16.7 Å². The predicted octanol–water partition coefficient (Wildman–Crippen LogP) is 4.47. The maximum Gasteiger partial charge on any atom is 0.341 e. The Labute approximate surface area is 185 Å². The number of carbonyl (C=O) groups excluding carboxylic acids is 2. The summed E-state index contributed by atoms with van der Waals surface area (Å²) in [6, 6.07) is 10.8. The van der Waals surface area contributed by atoms with E-state index in [2.05, 4.69) is 15.9 Å². The van der Waals surface area contributed by atoms with Gasteiger partial charge >= 0.3 is 5.97 Å². The fraction of sp³-hybridized carbons (Fsp3) is 0.190. The second-order valence-electron chi connectivity index (χ2n) is 6.46. The molecule has 30 heavy (non-hydrogen) atoms. The number of carboxylic acids is 1. The van der Waals surface area contributed by atoms with Gasteiger partial charge in [0.15, 0.2) is 18.1 Å². The van der Waals surface area contributed by atoms with Crippen molar-refractivity contribution in [2.75, 3.05) is 13.7 Å². The minimum absolute atomic E-state index is 0.203. The van der Waals surface area contributed by atoms with Crippen LogP contribution in [0.4, 0.5) is 4.79 Å². The van der Waals surface area contributed by atoms with Crippen molar-refractivity contribution >= 4 is 50.9 Å². The third-order valence-corrected chi connectivity index (χ3v) is 5.85. The number of benzene rings is 2. The zero-order chi connectivity index (χ0) is 21.8. The number of thioether (sulfide) groups is 1. The summed E-state index contributed by atoms with van der Waals surface area (Å²) >= 11 is 4.26. The molecule has 2 aromatic carbocycles. The van der Waals surface area contributed by atoms with Gasteiger partial charge in [0, 0.05) is 4.47 Å². The highest BCUT2D eigenvalue weighted by Gasteiger charge is 2.35. The van der Waals surface area contributed by atoms with Crippen LogP contribution < -0.4 is 9.47 Å². The zero-order valence-electron chi connectivity index (χ0n) is 16.2. The summed E-state index contributed by atoms with van der Waals surface area (Å²) < 4.78 is 11.0. The molecule has 1 aliphatic heterocycles. The van der Waals surface area contributed by atoms with Gasteiger partial charge in [-0.1, -0.05) is 45.8 Å². The van der Waals surface area contributed by atoms with Gasteiger partial charge in [0.25, 0.3) is 11.1 Å². The third-order valence-electron chi connectivity index (χ3n) is 4.26. The highest BCUT2D eigenvalue weighted by molar-refractivity contribution is 9.10. The van der Waals surface area contributed by atoms with Gasteiger partial charge in [-0.25, -0.2) is 4.79 Å². The van der Waals surface area contributed by atoms with Crippen LogP contribution in [0.15, 0.2) is 45.8 Å². The van der Waals surface area contributed by atoms with Crippen molar-refractivity contribution in [3.8, 4) is 11.5 Å². The standard InChI is InChI=1S/C21H18BrNO6S/c1-12-3-5-13(6-4-12)10-23-20(26)18(30-21(23)27)8-14-7-16(28-2)17(9-15(14)22)29-11-19(24)25/h3-9H,10-11H2,1-2H3,(H,24,25)/b18-8-. The van der Waals surface area contributed by atoms with E-state index in [4.69, 9.17) is 14.6 Å². The van der Waals surface area contributed by atoms with Crippen LogP contribution in [-0.4, -0.2) is 40.8 Å². The summed E-state index contributed by atoms with van der Waals surface area (Å²) in [4.78, 5) is 37.4. The quantitative estimate of drug-likeness (QED) is 0.571. The lowest BCUT2D eigenvalue weighted by molar-refractivity contribution is -0.139. The molecule has 0 saturated carbocycles. The lowest BCUT2D eigenvalue weighted by Gasteiger charge is -2.13. The molecule has 1 aliphatic rings. The van der Waals surface area contributed by atoms with Crippen molar-refractivity contribution in [2.24, 2.45) is 0 Å². The van der Waals surface area contributed by atoms with Gasteiger partial charge < -0.3 is 14.6 Å². The number of aliphatic carboxylic acids is 1. The second-order valence-corrected chi connectivity index (χ2v) is 8.31. The molecule has 3 rings (SSSR count). The van der Waals surface area contributed by atoms with Crippen LogP contribution in [-0.2, 0) is 16.1 Å². The molecule has 2 aromatic rings. The molecule has 7 nitrogen and oxygen atoms in total. The smallest absolute Gasteiger partial charge is 0.341 e. The number of amides is 2. The number of halogens is 1. The molecule has 1 N–H and O–H groups in total. The molecule has 0 aromatic heterocycles. The summed E-state index contributed by atoms with van der Waals surface area (Å²) in [5.41, 5.74) is 2.56. The van der Waals surface area contributed by atoms with E-state index in [0.29, 0.717) is 15.8 Å². The maximum absolute atomic E-state index is 12.8. The number of hydrogen-bond donors (Lipinski definition) is 1. The van der Waals surface area contributed by atoms with Gasteiger partial charge in [0.1, 0.15) is 0 Å². The van der Waals surface area contributed by atoms with Crippen molar-refractivity contribution in [3.05, 3.63) is 62.5 Å². The Morgan fingerprint density at radius 2 is 1.90 bits per heavy atom. The van der Waals surface area contributed by atoms with Gasteiger partial charge in [-0.3, -0.25) is 14.5 Å². The van der Waals surface area contributed by atoms with Gasteiger partial charge in [-0.05, 0) is 48.0 Å². The van der Waals surface area contributed by atoms with E-state index in [1.165, 1.54) is 12.0 Å². The van der Waals surface area contributed by atoms with Crippen LogP contribution in [0, 0.1) is 6.92 Å². The fourth-order valence-electron chi connectivity index (χ4n) is 2.73. The number of nitrogens with zero attached hydrogens (tertiary/aromatic N) is 1. The van der Waals surface area contributed by atoms with Crippen molar-refractivity contribution in [1.82, 2.24) is 4.90 Å². The lowest BCUT2D eigenvalue weighted by Crippen LogP contribution is -2.27. The minimum Gasteiger partial charge on any atom is -0.493 e. The SMILES string of the molecule is COc1cc(/C=C2\SC(=O)N(Cc3ccc(C)cc3)C2=O)c(Br)cc1OCC(=O)O. The van der Waals surface area contributed by atoms with Crippen LogP contribution in [0.25, 0.3) is 6.08 Å². The number of hydrogen-bond acceptors (Lipinski definition) is 6. The van der Waals surface area contributed by atoms with Gasteiger partial charge in [-0.2, -0.15) is 0 Å². The zero-order valence-corrected chi connectivity index (χ0v) is 18.6. The molecule has 1 fully saturated rings.